The van der Waals surface area contributed by atoms with Crippen molar-refractivity contribution in [3.63, 3.8) is 0 Å². The number of allylic oxidation sites excluding steroid dienone is 1. The van der Waals surface area contributed by atoms with Crippen molar-refractivity contribution >= 4 is 0 Å². The lowest BCUT2D eigenvalue weighted by atomic mass is 9.97. The summed E-state index contributed by atoms with van der Waals surface area (Å²) in [5.41, 5.74) is -2.93. The van der Waals surface area contributed by atoms with Crippen LogP contribution in [0.3, 0.4) is 0 Å². The predicted octanol–water partition coefficient (Wildman–Crippen LogP) is 3.27. The lowest BCUT2D eigenvalue weighted by molar-refractivity contribution is 0.478. The molecule has 0 amide bonds. The highest BCUT2D eigenvalue weighted by molar-refractivity contribution is 5.50. The number of halogens is 4. The second-order valence-corrected chi connectivity index (χ2v) is 3.72. The van der Waals surface area contributed by atoms with Crippen LogP contribution in [0.5, 0.6) is 0 Å². The molecule has 1 rings (SSSR count). The highest BCUT2D eigenvalue weighted by Gasteiger charge is 2.25. The van der Waals surface area contributed by atoms with E-state index in [-0.39, 0.29) is 18.3 Å². The zero-order valence-corrected chi connectivity index (χ0v) is 9.98. The predicted molar refractivity (Wildman–Crippen MR) is 62.1 cm³/mol. The molecular formula is C14H6F4N2. The second kappa shape index (κ2) is 6.41. The van der Waals surface area contributed by atoms with Gasteiger partial charge in [0, 0.05) is 18.4 Å². The Hall–Kier alpha value is -2.78. The molecule has 20 heavy (non-hydrogen) atoms. The molecule has 0 N–H and O–H groups in total. The van der Waals surface area contributed by atoms with Gasteiger partial charge in [-0.2, -0.15) is 10.5 Å². The van der Waals surface area contributed by atoms with Crippen LogP contribution in [0.4, 0.5) is 17.6 Å². The van der Waals surface area contributed by atoms with Crippen LogP contribution in [0.25, 0.3) is 0 Å². The summed E-state index contributed by atoms with van der Waals surface area (Å²) in [4.78, 5) is 0. The average Bonchev–Trinajstić information content (AvgIpc) is 2.45. The van der Waals surface area contributed by atoms with Crippen LogP contribution in [-0.4, -0.2) is 0 Å². The molecule has 0 atom stereocenters. The van der Waals surface area contributed by atoms with Gasteiger partial charge in [0.05, 0.1) is 6.33 Å². The van der Waals surface area contributed by atoms with E-state index in [0.29, 0.717) is 0 Å². The van der Waals surface area contributed by atoms with Crippen molar-refractivity contribution in [2.45, 2.75) is 12.8 Å². The van der Waals surface area contributed by atoms with Gasteiger partial charge < -0.3 is 0 Å². The molecule has 1 aromatic rings. The minimum absolute atomic E-state index is 0.0703. The van der Waals surface area contributed by atoms with Crippen molar-refractivity contribution in [3.8, 4) is 24.5 Å². The minimum atomic E-state index is -1.64. The Morgan fingerprint density at radius 3 is 2.05 bits per heavy atom. The van der Waals surface area contributed by atoms with E-state index in [2.05, 4.69) is 5.92 Å². The van der Waals surface area contributed by atoms with Gasteiger partial charge in [-0.05, 0) is 5.57 Å². The van der Waals surface area contributed by atoms with Gasteiger partial charge in [-0.15, -0.1) is 12.3 Å². The third-order valence-electron chi connectivity index (χ3n) is 2.52. The molecule has 0 unspecified atom stereocenters. The topological polar surface area (TPSA) is 47.6 Å². The highest BCUT2D eigenvalue weighted by atomic mass is 19.2. The summed E-state index contributed by atoms with van der Waals surface area (Å²) in [6.07, 6.45) is 4.17. The van der Waals surface area contributed by atoms with Crippen LogP contribution in [0.15, 0.2) is 11.9 Å². The van der Waals surface area contributed by atoms with E-state index >= 15 is 0 Å². The first-order valence-corrected chi connectivity index (χ1v) is 5.22. The van der Waals surface area contributed by atoms with E-state index in [1.807, 2.05) is 0 Å². The van der Waals surface area contributed by atoms with Crippen LogP contribution < -0.4 is 0 Å². The molecule has 0 radical (unpaired) electrons. The molecule has 0 aliphatic rings. The number of hydrogen-bond donors (Lipinski definition) is 0. The van der Waals surface area contributed by atoms with Crippen molar-refractivity contribution in [2.24, 2.45) is 0 Å². The quantitative estimate of drug-likeness (QED) is 0.484. The number of nitrogens with zero attached hydrogens (tertiary/aromatic N) is 2. The van der Waals surface area contributed by atoms with Gasteiger partial charge in [0.1, 0.15) is 29.1 Å². The molecule has 0 fully saturated rings. The fraction of sp³-hybridized carbons (Fsp3) is 0.143. The van der Waals surface area contributed by atoms with Gasteiger partial charge in [-0.1, -0.05) is 0 Å². The van der Waals surface area contributed by atoms with Crippen LogP contribution in [0.1, 0.15) is 23.1 Å². The van der Waals surface area contributed by atoms with Crippen LogP contribution in [0.2, 0.25) is 0 Å². The Balaban J connectivity index is 3.52. The highest BCUT2D eigenvalue weighted by Crippen LogP contribution is 2.26. The number of rotatable bonds is 3. The molecule has 0 bridgehead atoms. The number of nitriles is 2. The van der Waals surface area contributed by atoms with Crippen molar-refractivity contribution in [3.05, 3.63) is 46.0 Å². The molecule has 0 aromatic heterocycles. The van der Waals surface area contributed by atoms with Crippen LogP contribution in [0, 0.1) is 52.5 Å². The van der Waals surface area contributed by atoms with Gasteiger partial charge >= 0.3 is 0 Å². The zero-order valence-electron chi connectivity index (χ0n) is 9.98. The van der Waals surface area contributed by atoms with Crippen molar-refractivity contribution in [1.82, 2.24) is 0 Å². The van der Waals surface area contributed by atoms with Gasteiger partial charge in [0.25, 0.3) is 0 Å². The van der Waals surface area contributed by atoms with Crippen LogP contribution >= 0.6 is 0 Å². The third kappa shape index (κ3) is 2.63. The number of benzene rings is 1. The van der Waals surface area contributed by atoms with Gasteiger partial charge in [-0.3, -0.25) is 0 Å². The van der Waals surface area contributed by atoms with Crippen molar-refractivity contribution < 1.29 is 17.6 Å². The molecule has 1 aromatic carbocycles. The summed E-state index contributed by atoms with van der Waals surface area (Å²) in [5, 5.41) is 17.3. The molecule has 0 aliphatic carbocycles. The molecule has 0 spiro atoms. The summed E-state index contributed by atoms with van der Waals surface area (Å²) in [5.74, 6) is -2.58. The molecule has 100 valence electrons. The van der Waals surface area contributed by atoms with Crippen LogP contribution in [-0.2, 0) is 6.42 Å². The molecule has 0 saturated heterocycles. The number of hydrogen-bond acceptors (Lipinski definition) is 2. The lowest BCUT2D eigenvalue weighted by Crippen LogP contribution is -2.07. The van der Waals surface area contributed by atoms with Gasteiger partial charge in [-0.25, -0.2) is 17.6 Å². The first kappa shape index (κ1) is 15.3. The Morgan fingerprint density at radius 1 is 1.05 bits per heavy atom. The Morgan fingerprint density at radius 2 is 1.60 bits per heavy atom. The maximum absolute atomic E-state index is 13.9. The maximum atomic E-state index is 13.9. The Labute approximate surface area is 112 Å². The average molecular weight is 278 g/mol. The molecule has 0 saturated carbocycles. The van der Waals surface area contributed by atoms with E-state index < -0.39 is 40.6 Å². The Bertz CT molecular complexity index is 700. The van der Waals surface area contributed by atoms with E-state index in [1.54, 1.807) is 0 Å². The molecular weight excluding hydrogens is 272 g/mol. The monoisotopic (exact) mass is 278 g/mol. The summed E-state index contributed by atoms with van der Waals surface area (Å²) >= 11 is 0. The summed E-state index contributed by atoms with van der Waals surface area (Å²) in [6.45, 7) is 0. The summed E-state index contributed by atoms with van der Waals surface area (Å²) < 4.78 is 53.7. The first-order chi connectivity index (χ1) is 9.51. The fourth-order valence-electron chi connectivity index (χ4n) is 1.57. The SMILES string of the molecule is C#CC/C(=C\F)Cc1c(F)c(F)c(C#N)c(C#N)c1F. The maximum Gasteiger partial charge on any atom is 0.178 e. The van der Waals surface area contributed by atoms with E-state index in [0.717, 1.165) is 0 Å². The third-order valence-corrected chi connectivity index (χ3v) is 2.52. The summed E-state index contributed by atoms with van der Waals surface area (Å²) in [7, 11) is 0. The normalized spacial score (nSPS) is 10.6. The molecule has 2 nitrogen and oxygen atoms in total. The number of terminal acetylenes is 1. The molecule has 0 heterocycles. The van der Waals surface area contributed by atoms with E-state index in [1.165, 1.54) is 12.1 Å². The molecule has 0 aliphatic heterocycles. The second-order valence-electron chi connectivity index (χ2n) is 3.72. The van der Waals surface area contributed by atoms with Gasteiger partial charge in [0.15, 0.2) is 11.6 Å². The fourth-order valence-corrected chi connectivity index (χ4v) is 1.57. The summed E-state index contributed by atoms with van der Waals surface area (Å²) in [6, 6.07) is 2.51. The lowest BCUT2D eigenvalue weighted by Gasteiger charge is -2.09. The smallest absolute Gasteiger partial charge is 0.178 e. The first-order valence-electron chi connectivity index (χ1n) is 5.22. The minimum Gasteiger partial charge on any atom is -0.216 e. The van der Waals surface area contributed by atoms with Crippen molar-refractivity contribution in [1.29, 1.82) is 10.5 Å². The largest absolute Gasteiger partial charge is 0.216 e. The van der Waals surface area contributed by atoms with E-state index in [9.17, 15) is 17.6 Å². The zero-order chi connectivity index (χ0) is 15.3. The van der Waals surface area contributed by atoms with E-state index in [4.69, 9.17) is 16.9 Å². The Kier molecular flexibility index (Phi) is 4.89. The van der Waals surface area contributed by atoms with Gasteiger partial charge in [0.2, 0.25) is 0 Å². The standard InChI is InChI=1S/C14H6F4N2/c1-2-3-8(5-15)4-9-12(16)10(6-19)11(7-20)14(18)13(9)17/h1,5H,3-4H2/b8-5+. The van der Waals surface area contributed by atoms with Crippen molar-refractivity contribution in [2.75, 3.05) is 0 Å². The molecule has 6 heteroatoms.